The Kier molecular flexibility index (Phi) is 8.34. The van der Waals surface area contributed by atoms with Gasteiger partial charge in [0.15, 0.2) is 0 Å². The molecule has 0 saturated carbocycles. The summed E-state index contributed by atoms with van der Waals surface area (Å²) in [7, 11) is 0. The second-order valence-electron chi connectivity index (χ2n) is 5.52. The lowest BCUT2D eigenvalue weighted by atomic mass is 10.1. The van der Waals surface area contributed by atoms with Crippen LogP contribution in [0.2, 0.25) is 10.0 Å². The molecule has 11 heteroatoms. The third-order valence-corrected chi connectivity index (χ3v) is 4.49. The van der Waals surface area contributed by atoms with Crippen molar-refractivity contribution in [2.75, 3.05) is 11.9 Å². The Hall–Kier alpha value is -1.80. The zero-order chi connectivity index (χ0) is 21.6. The van der Waals surface area contributed by atoms with Gasteiger partial charge in [-0.25, -0.2) is 4.79 Å². The van der Waals surface area contributed by atoms with Crippen molar-refractivity contribution >= 4 is 58.1 Å². The number of ether oxygens (including phenoxy) is 1. The Morgan fingerprint density at radius 1 is 1.10 bits per heavy atom. The van der Waals surface area contributed by atoms with E-state index in [4.69, 9.17) is 51.1 Å². The first kappa shape index (κ1) is 23.5. The number of alkyl halides is 3. The normalized spacial score (nSPS) is 11.0. The molecule has 156 valence electrons. The third-order valence-electron chi connectivity index (χ3n) is 3.51. The zero-order valence-electron chi connectivity index (χ0n) is 14.4. The van der Waals surface area contributed by atoms with Crippen LogP contribution in [0.25, 0.3) is 0 Å². The first-order valence-electron chi connectivity index (χ1n) is 7.91. The fourth-order valence-corrected chi connectivity index (χ4v) is 2.93. The molecule has 0 atom stereocenters. The van der Waals surface area contributed by atoms with Crippen LogP contribution in [0.3, 0.4) is 0 Å². The predicted molar refractivity (Wildman–Crippen MR) is 109 cm³/mol. The van der Waals surface area contributed by atoms with E-state index >= 15 is 0 Å². The Morgan fingerprint density at radius 3 is 2.31 bits per heavy atom. The van der Waals surface area contributed by atoms with E-state index < -0.39 is 17.8 Å². The van der Waals surface area contributed by atoms with Gasteiger partial charge in [-0.05, 0) is 30.3 Å². The first-order valence-corrected chi connectivity index (χ1v) is 9.42. The molecule has 2 N–H and O–H groups in total. The molecular formula is C18H13Cl4F3N2O2. The van der Waals surface area contributed by atoms with Gasteiger partial charge >= 0.3 is 12.2 Å². The highest BCUT2D eigenvalue weighted by Gasteiger charge is 2.33. The molecule has 2 aromatic rings. The minimum absolute atomic E-state index is 0.0427. The minimum atomic E-state index is -4.60. The van der Waals surface area contributed by atoms with Gasteiger partial charge < -0.3 is 15.4 Å². The van der Waals surface area contributed by atoms with Crippen LogP contribution in [-0.4, -0.2) is 12.6 Å². The molecule has 0 aliphatic carbocycles. The van der Waals surface area contributed by atoms with E-state index in [2.05, 4.69) is 10.6 Å². The minimum Gasteiger partial charge on any atom is -0.489 e. The van der Waals surface area contributed by atoms with Crippen LogP contribution in [0.5, 0.6) is 5.75 Å². The van der Waals surface area contributed by atoms with E-state index in [9.17, 15) is 18.0 Å². The van der Waals surface area contributed by atoms with E-state index in [0.717, 1.165) is 12.1 Å². The molecule has 29 heavy (non-hydrogen) atoms. The van der Waals surface area contributed by atoms with Crippen LogP contribution in [0.15, 0.2) is 47.0 Å². The highest BCUT2D eigenvalue weighted by molar-refractivity contribution is 6.55. The molecule has 0 radical (unpaired) electrons. The number of benzene rings is 2. The van der Waals surface area contributed by atoms with Crippen LogP contribution in [-0.2, 0) is 12.7 Å². The van der Waals surface area contributed by atoms with Gasteiger partial charge in [0.25, 0.3) is 0 Å². The maximum Gasteiger partial charge on any atom is 0.418 e. The Labute approximate surface area is 184 Å². The second kappa shape index (κ2) is 10.3. The van der Waals surface area contributed by atoms with Crippen LogP contribution in [0.1, 0.15) is 11.1 Å². The van der Waals surface area contributed by atoms with Crippen molar-refractivity contribution in [3.63, 3.8) is 0 Å². The van der Waals surface area contributed by atoms with Gasteiger partial charge in [0.1, 0.15) is 16.8 Å². The lowest BCUT2D eigenvalue weighted by Gasteiger charge is -2.15. The molecule has 0 fully saturated rings. The summed E-state index contributed by atoms with van der Waals surface area (Å²) < 4.78 is 44.4. The molecule has 0 unspecified atom stereocenters. The molecule has 2 amide bonds. The van der Waals surface area contributed by atoms with Crippen LogP contribution in [0.4, 0.5) is 23.7 Å². The maximum absolute atomic E-state index is 13.0. The standard InChI is InChI=1S/C18H13Cl4F3N2O2/c19-13-7-10(29-6-5-16(21)22)8-14(20)11(13)9-26-17(28)27-15-4-2-1-3-12(15)18(23,24)25/h1-5,7-8H,6,9H2,(H2,26,27,28). The predicted octanol–water partition coefficient (Wildman–Crippen LogP) is 7.03. The Balaban J connectivity index is 2.03. The number of para-hydroxylation sites is 1. The maximum atomic E-state index is 13.0. The fourth-order valence-electron chi connectivity index (χ4n) is 2.21. The monoisotopic (exact) mass is 486 g/mol. The molecular weight excluding hydrogens is 475 g/mol. The summed E-state index contributed by atoms with van der Waals surface area (Å²) in [4.78, 5) is 12.0. The van der Waals surface area contributed by atoms with Crippen molar-refractivity contribution in [2.45, 2.75) is 12.7 Å². The molecule has 0 aliphatic heterocycles. The molecule has 0 spiro atoms. The van der Waals surface area contributed by atoms with Crippen molar-refractivity contribution in [3.8, 4) is 5.75 Å². The number of nitrogens with one attached hydrogen (secondary N) is 2. The molecule has 2 rings (SSSR count). The lowest BCUT2D eigenvalue weighted by Crippen LogP contribution is -2.29. The number of urea groups is 1. The van der Waals surface area contributed by atoms with Crippen molar-refractivity contribution in [3.05, 3.63) is 68.1 Å². The molecule has 0 aliphatic rings. The van der Waals surface area contributed by atoms with Gasteiger partial charge in [0.05, 0.1) is 21.3 Å². The topological polar surface area (TPSA) is 50.4 Å². The summed E-state index contributed by atoms with van der Waals surface area (Å²) in [5.74, 6) is 0.345. The number of halogens is 7. The van der Waals surface area contributed by atoms with E-state index in [1.165, 1.54) is 30.3 Å². The van der Waals surface area contributed by atoms with Gasteiger partial charge in [-0.1, -0.05) is 58.5 Å². The first-order chi connectivity index (χ1) is 13.6. The fraction of sp³-hybridized carbons (Fsp3) is 0.167. The Morgan fingerprint density at radius 2 is 1.72 bits per heavy atom. The van der Waals surface area contributed by atoms with Crippen molar-refractivity contribution < 1.29 is 22.7 Å². The van der Waals surface area contributed by atoms with E-state index in [-0.39, 0.29) is 33.4 Å². The van der Waals surface area contributed by atoms with Crippen LogP contribution < -0.4 is 15.4 Å². The highest BCUT2D eigenvalue weighted by Crippen LogP contribution is 2.34. The van der Waals surface area contributed by atoms with Gasteiger partial charge in [-0.3, -0.25) is 0 Å². The van der Waals surface area contributed by atoms with Crippen molar-refractivity contribution in [1.29, 1.82) is 0 Å². The number of rotatable bonds is 6. The average Bonchev–Trinajstić information content (AvgIpc) is 2.60. The number of hydrogen-bond donors (Lipinski definition) is 2. The summed E-state index contributed by atoms with van der Waals surface area (Å²) in [5, 5.41) is 4.97. The number of amides is 2. The number of anilines is 1. The van der Waals surface area contributed by atoms with Gasteiger partial charge in [0.2, 0.25) is 0 Å². The Bertz CT molecular complexity index is 893. The number of carbonyl (C=O) groups is 1. The molecule has 0 saturated heterocycles. The average molecular weight is 488 g/mol. The molecule has 0 heterocycles. The zero-order valence-corrected chi connectivity index (χ0v) is 17.4. The summed E-state index contributed by atoms with van der Waals surface area (Å²) in [6.45, 7) is -0.0288. The number of carbonyl (C=O) groups excluding carboxylic acids is 1. The van der Waals surface area contributed by atoms with Crippen molar-refractivity contribution in [1.82, 2.24) is 5.32 Å². The number of hydrogen-bond acceptors (Lipinski definition) is 2. The highest BCUT2D eigenvalue weighted by atomic mass is 35.5. The SMILES string of the molecule is O=C(NCc1c(Cl)cc(OCC=C(Cl)Cl)cc1Cl)Nc1ccccc1C(F)(F)F. The second-order valence-corrected chi connectivity index (χ2v) is 7.34. The van der Waals surface area contributed by atoms with E-state index in [1.54, 1.807) is 0 Å². The smallest absolute Gasteiger partial charge is 0.418 e. The molecule has 0 aromatic heterocycles. The molecule has 2 aromatic carbocycles. The van der Waals surface area contributed by atoms with Gasteiger partial charge in [-0.15, -0.1) is 0 Å². The third kappa shape index (κ3) is 7.19. The lowest BCUT2D eigenvalue weighted by molar-refractivity contribution is -0.136. The van der Waals surface area contributed by atoms with E-state index in [0.29, 0.717) is 11.3 Å². The summed E-state index contributed by atoms with van der Waals surface area (Å²) in [6.07, 6.45) is -3.18. The summed E-state index contributed by atoms with van der Waals surface area (Å²) in [5.41, 5.74) is -0.964. The van der Waals surface area contributed by atoms with Gasteiger partial charge in [0, 0.05) is 12.1 Å². The summed E-state index contributed by atoms with van der Waals surface area (Å²) >= 11 is 23.3. The van der Waals surface area contributed by atoms with Gasteiger partial charge in [-0.2, -0.15) is 13.2 Å². The van der Waals surface area contributed by atoms with Crippen LogP contribution >= 0.6 is 46.4 Å². The molecule has 4 nitrogen and oxygen atoms in total. The largest absolute Gasteiger partial charge is 0.489 e. The molecule has 0 bridgehead atoms. The van der Waals surface area contributed by atoms with E-state index in [1.807, 2.05) is 0 Å². The summed E-state index contributed by atoms with van der Waals surface area (Å²) in [6, 6.07) is 6.71. The van der Waals surface area contributed by atoms with Crippen LogP contribution in [0, 0.1) is 0 Å². The quantitative estimate of drug-likeness (QED) is 0.459. The van der Waals surface area contributed by atoms with Crippen molar-refractivity contribution in [2.24, 2.45) is 0 Å².